The Bertz CT molecular complexity index is 333. The molecule has 0 heterocycles. The van der Waals surface area contributed by atoms with Crippen LogP contribution in [0.4, 0.5) is 0 Å². The summed E-state index contributed by atoms with van der Waals surface area (Å²) < 4.78 is 0. The van der Waals surface area contributed by atoms with Crippen molar-refractivity contribution in [1.82, 2.24) is 5.32 Å². The lowest BCUT2D eigenvalue weighted by atomic mass is 10.2. The van der Waals surface area contributed by atoms with E-state index < -0.39 is 5.97 Å². The van der Waals surface area contributed by atoms with Gasteiger partial charge in [0.15, 0.2) is 0 Å². The van der Waals surface area contributed by atoms with Gasteiger partial charge in [0.25, 0.3) is 0 Å². The third-order valence-corrected chi connectivity index (χ3v) is 1.45. The predicted molar refractivity (Wildman–Crippen MR) is 57.7 cm³/mol. The lowest BCUT2D eigenvalue weighted by Crippen LogP contribution is -2.13. The van der Waals surface area contributed by atoms with Crippen molar-refractivity contribution in [2.75, 3.05) is 7.05 Å². The van der Waals surface area contributed by atoms with Crippen LogP contribution in [-0.4, -0.2) is 24.0 Å². The number of carboxylic acids is 1. The lowest BCUT2D eigenvalue weighted by molar-refractivity contribution is -0.116. The molecule has 0 saturated carbocycles. The van der Waals surface area contributed by atoms with Gasteiger partial charge in [0.2, 0.25) is 5.91 Å². The minimum absolute atomic E-state index is 0.144. The summed E-state index contributed by atoms with van der Waals surface area (Å²) >= 11 is 0. The average Bonchev–Trinajstić information content (AvgIpc) is 2.30. The summed E-state index contributed by atoms with van der Waals surface area (Å²) in [5.74, 6) is -1.02. The van der Waals surface area contributed by atoms with Crippen molar-refractivity contribution < 1.29 is 14.7 Å². The second-order valence-electron chi connectivity index (χ2n) is 2.49. The van der Waals surface area contributed by atoms with Crippen molar-refractivity contribution in [2.45, 2.75) is 0 Å². The Morgan fingerprint density at radius 2 is 1.87 bits per heavy atom. The molecular formula is C11H13NO3. The SMILES string of the molecule is C=CC(=O)NC.O=C(O)c1ccccc1. The van der Waals surface area contributed by atoms with Crippen molar-refractivity contribution in [1.29, 1.82) is 0 Å². The molecule has 0 aliphatic heterocycles. The van der Waals surface area contributed by atoms with Gasteiger partial charge in [-0.3, -0.25) is 4.79 Å². The molecule has 0 aliphatic rings. The van der Waals surface area contributed by atoms with E-state index in [1.165, 1.54) is 6.08 Å². The summed E-state index contributed by atoms with van der Waals surface area (Å²) in [6, 6.07) is 8.30. The number of amides is 1. The molecule has 0 saturated heterocycles. The zero-order chi connectivity index (χ0) is 11.7. The number of carbonyl (C=O) groups is 2. The van der Waals surface area contributed by atoms with Gasteiger partial charge in [-0.25, -0.2) is 4.79 Å². The monoisotopic (exact) mass is 207 g/mol. The quantitative estimate of drug-likeness (QED) is 0.718. The first-order chi connectivity index (χ1) is 7.11. The van der Waals surface area contributed by atoms with Crippen LogP contribution in [0.5, 0.6) is 0 Å². The highest BCUT2D eigenvalue weighted by atomic mass is 16.4. The first-order valence-electron chi connectivity index (χ1n) is 4.24. The number of carboxylic acid groups (broad SMARTS) is 1. The van der Waals surface area contributed by atoms with Gasteiger partial charge in [0, 0.05) is 7.05 Å². The molecule has 0 aliphatic carbocycles. The van der Waals surface area contributed by atoms with Crippen LogP contribution >= 0.6 is 0 Å². The zero-order valence-electron chi connectivity index (χ0n) is 8.43. The Balaban J connectivity index is 0.000000288. The van der Waals surface area contributed by atoms with E-state index in [-0.39, 0.29) is 5.91 Å². The van der Waals surface area contributed by atoms with Gasteiger partial charge in [-0.2, -0.15) is 0 Å². The van der Waals surface area contributed by atoms with Gasteiger partial charge in [-0.05, 0) is 18.2 Å². The molecule has 1 aromatic rings. The van der Waals surface area contributed by atoms with Crippen LogP contribution in [0, 0.1) is 0 Å². The third-order valence-electron chi connectivity index (χ3n) is 1.45. The van der Waals surface area contributed by atoms with Crippen molar-refractivity contribution in [3.05, 3.63) is 48.6 Å². The first-order valence-corrected chi connectivity index (χ1v) is 4.24. The fourth-order valence-electron chi connectivity index (χ4n) is 0.683. The molecule has 0 spiro atoms. The van der Waals surface area contributed by atoms with Crippen LogP contribution in [0.25, 0.3) is 0 Å². The van der Waals surface area contributed by atoms with Gasteiger partial charge in [0.05, 0.1) is 5.56 Å². The number of hydrogen-bond acceptors (Lipinski definition) is 2. The number of carbonyl (C=O) groups excluding carboxylic acids is 1. The summed E-state index contributed by atoms with van der Waals surface area (Å²) in [6.07, 6.45) is 1.22. The number of nitrogens with one attached hydrogen (secondary N) is 1. The lowest BCUT2D eigenvalue weighted by Gasteiger charge is -1.88. The van der Waals surface area contributed by atoms with Crippen LogP contribution in [0.15, 0.2) is 43.0 Å². The molecule has 4 nitrogen and oxygen atoms in total. The standard InChI is InChI=1S/C7H6O2.C4H7NO/c8-7(9)6-4-2-1-3-5-6;1-3-4(6)5-2/h1-5H,(H,8,9);3H,1H2,2H3,(H,5,6). The van der Waals surface area contributed by atoms with E-state index in [0.717, 1.165) is 0 Å². The average molecular weight is 207 g/mol. The van der Waals surface area contributed by atoms with Crippen LogP contribution < -0.4 is 5.32 Å². The van der Waals surface area contributed by atoms with E-state index in [9.17, 15) is 9.59 Å². The molecule has 0 aromatic heterocycles. The van der Waals surface area contributed by atoms with E-state index in [1.54, 1.807) is 37.4 Å². The zero-order valence-corrected chi connectivity index (χ0v) is 8.43. The number of hydrogen-bond donors (Lipinski definition) is 2. The Morgan fingerprint density at radius 1 is 1.33 bits per heavy atom. The molecule has 0 bridgehead atoms. The molecule has 80 valence electrons. The normalized spacial score (nSPS) is 8.07. The van der Waals surface area contributed by atoms with Gasteiger partial charge in [0.1, 0.15) is 0 Å². The van der Waals surface area contributed by atoms with Gasteiger partial charge < -0.3 is 10.4 Å². The molecule has 1 rings (SSSR count). The molecule has 0 radical (unpaired) electrons. The van der Waals surface area contributed by atoms with E-state index in [4.69, 9.17) is 5.11 Å². The van der Waals surface area contributed by atoms with E-state index >= 15 is 0 Å². The van der Waals surface area contributed by atoms with Gasteiger partial charge in [-0.15, -0.1) is 0 Å². The number of rotatable bonds is 2. The maximum absolute atomic E-state index is 10.2. The highest BCUT2D eigenvalue weighted by molar-refractivity contribution is 5.87. The molecular weight excluding hydrogens is 194 g/mol. The van der Waals surface area contributed by atoms with Crippen molar-refractivity contribution in [2.24, 2.45) is 0 Å². The summed E-state index contributed by atoms with van der Waals surface area (Å²) in [7, 11) is 1.56. The molecule has 1 amide bonds. The number of likely N-dealkylation sites (N-methyl/N-ethyl adjacent to an activating group) is 1. The minimum Gasteiger partial charge on any atom is -0.478 e. The highest BCUT2D eigenvalue weighted by Gasteiger charge is 1.96. The second-order valence-corrected chi connectivity index (χ2v) is 2.49. The van der Waals surface area contributed by atoms with Crippen LogP contribution in [0.2, 0.25) is 0 Å². The fraction of sp³-hybridized carbons (Fsp3) is 0.0909. The predicted octanol–water partition coefficient (Wildman–Crippen LogP) is 1.30. The Hall–Kier alpha value is -2.10. The number of aromatic carboxylic acids is 1. The van der Waals surface area contributed by atoms with Crippen molar-refractivity contribution >= 4 is 11.9 Å². The van der Waals surface area contributed by atoms with Crippen LogP contribution in [0.1, 0.15) is 10.4 Å². The van der Waals surface area contributed by atoms with E-state index in [0.29, 0.717) is 5.56 Å². The summed E-state index contributed by atoms with van der Waals surface area (Å²) in [5.41, 5.74) is 0.331. The van der Waals surface area contributed by atoms with Crippen LogP contribution in [0.3, 0.4) is 0 Å². The Labute approximate surface area is 88.2 Å². The second kappa shape index (κ2) is 7.32. The molecule has 0 unspecified atom stereocenters. The molecule has 15 heavy (non-hydrogen) atoms. The maximum atomic E-state index is 10.2. The summed E-state index contributed by atoms with van der Waals surface area (Å²) in [5, 5.41) is 10.7. The largest absolute Gasteiger partial charge is 0.478 e. The molecule has 2 N–H and O–H groups in total. The van der Waals surface area contributed by atoms with Gasteiger partial charge in [-0.1, -0.05) is 24.8 Å². The molecule has 4 heteroatoms. The Morgan fingerprint density at radius 3 is 2.07 bits per heavy atom. The summed E-state index contributed by atoms with van der Waals surface area (Å²) in [6.45, 7) is 3.22. The smallest absolute Gasteiger partial charge is 0.335 e. The molecule has 0 atom stereocenters. The first kappa shape index (κ1) is 12.9. The fourth-order valence-corrected chi connectivity index (χ4v) is 0.683. The minimum atomic E-state index is -0.879. The topological polar surface area (TPSA) is 66.4 Å². The Kier molecular flexibility index (Phi) is 6.29. The molecule has 0 fully saturated rings. The highest BCUT2D eigenvalue weighted by Crippen LogP contribution is 1.96. The summed E-state index contributed by atoms with van der Waals surface area (Å²) in [4.78, 5) is 20.2. The van der Waals surface area contributed by atoms with E-state index in [1.807, 2.05) is 0 Å². The van der Waals surface area contributed by atoms with Crippen LogP contribution in [-0.2, 0) is 4.79 Å². The maximum Gasteiger partial charge on any atom is 0.335 e. The van der Waals surface area contributed by atoms with Crippen molar-refractivity contribution in [3.63, 3.8) is 0 Å². The van der Waals surface area contributed by atoms with Gasteiger partial charge >= 0.3 is 5.97 Å². The number of benzene rings is 1. The van der Waals surface area contributed by atoms with E-state index in [2.05, 4.69) is 11.9 Å². The molecule has 1 aromatic carbocycles. The van der Waals surface area contributed by atoms with Crippen molar-refractivity contribution in [3.8, 4) is 0 Å². The third kappa shape index (κ3) is 6.04.